The number of pyridine rings is 2. The second-order valence-electron chi connectivity index (χ2n) is 13.3. The second-order valence-corrected chi connectivity index (χ2v) is 13.3. The highest BCUT2D eigenvalue weighted by Gasteiger charge is 2.52. The molecule has 7 aromatic carbocycles. The molecule has 0 unspecified atom stereocenters. The Morgan fingerprint density at radius 1 is 0.408 bits per heavy atom. The van der Waals surface area contributed by atoms with Gasteiger partial charge < -0.3 is 0 Å². The van der Waals surface area contributed by atoms with E-state index in [-0.39, 0.29) is 5.41 Å². The Morgan fingerprint density at radius 3 is 1.76 bits per heavy atom. The van der Waals surface area contributed by atoms with Crippen molar-refractivity contribution in [2.24, 2.45) is 0 Å². The minimum atomic E-state index is -0.382. The van der Waals surface area contributed by atoms with Gasteiger partial charge in [0.1, 0.15) is 0 Å². The zero-order chi connectivity index (χ0) is 32.1. The van der Waals surface area contributed by atoms with E-state index >= 15 is 0 Å². The summed E-state index contributed by atoms with van der Waals surface area (Å²) < 4.78 is 0. The lowest BCUT2D eigenvalue weighted by molar-refractivity contribution is 0.794. The lowest BCUT2D eigenvalue weighted by atomic mass is 9.70. The van der Waals surface area contributed by atoms with E-state index in [0.717, 1.165) is 38.8 Å². The van der Waals surface area contributed by atoms with Crippen LogP contribution in [-0.2, 0) is 5.41 Å². The standard InChI is InChI=1S/C47H28N2/c1-9-19-42-31(11-1)27-32(28-48-42)29-21-23-30(24-22-29)46-37-25-26-41-45(44(37)36-15-5-10-20-43(36)49-46)35-14-4-8-18-40(35)47(41)38-16-6-2-12-33(38)34-13-3-7-17-39(34)47/h1-28H. The molecule has 0 N–H and O–H groups in total. The van der Waals surface area contributed by atoms with E-state index in [1.807, 2.05) is 12.3 Å². The molecule has 2 heterocycles. The lowest BCUT2D eigenvalue weighted by Crippen LogP contribution is -2.25. The van der Waals surface area contributed by atoms with E-state index in [0.29, 0.717) is 0 Å². The maximum absolute atomic E-state index is 5.35. The molecule has 2 nitrogen and oxygen atoms in total. The van der Waals surface area contributed by atoms with Gasteiger partial charge in [0.05, 0.1) is 22.1 Å². The van der Waals surface area contributed by atoms with Gasteiger partial charge in [-0.3, -0.25) is 4.98 Å². The molecule has 0 aliphatic heterocycles. The van der Waals surface area contributed by atoms with Gasteiger partial charge in [-0.05, 0) is 68.3 Å². The molecule has 0 fully saturated rings. The highest BCUT2D eigenvalue weighted by atomic mass is 14.7. The van der Waals surface area contributed by atoms with Crippen molar-refractivity contribution in [3.8, 4) is 44.6 Å². The maximum atomic E-state index is 5.35. The van der Waals surface area contributed by atoms with Gasteiger partial charge in [-0.25, -0.2) is 4.98 Å². The van der Waals surface area contributed by atoms with Gasteiger partial charge >= 0.3 is 0 Å². The van der Waals surface area contributed by atoms with Gasteiger partial charge in [0, 0.05) is 38.9 Å². The first-order valence-electron chi connectivity index (χ1n) is 16.9. The van der Waals surface area contributed by atoms with Crippen LogP contribution in [0.1, 0.15) is 22.3 Å². The van der Waals surface area contributed by atoms with E-state index in [2.05, 4.69) is 158 Å². The van der Waals surface area contributed by atoms with E-state index in [1.165, 1.54) is 60.7 Å². The molecule has 9 aromatic rings. The van der Waals surface area contributed by atoms with Crippen LogP contribution in [0.2, 0.25) is 0 Å². The molecular weight excluding hydrogens is 593 g/mol. The van der Waals surface area contributed by atoms with Crippen LogP contribution in [-0.4, -0.2) is 9.97 Å². The third-order valence-electron chi connectivity index (χ3n) is 10.9. The Hall–Kier alpha value is -6.38. The van der Waals surface area contributed by atoms with Gasteiger partial charge in [-0.15, -0.1) is 0 Å². The van der Waals surface area contributed by atoms with Crippen molar-refractivity contribution in [3.05, 3.63) is 192 Å². The molecule has 0 atom stereocenters. The lowest BCUT2D eigenvalue weighted by Gasteiger charge is -2.30. The van der Waals surface area contributed by atoms with Gasteiger partial charge in [-0.2, -0.15) is 0 Å². The van der Waals surface area contributed by atoms with Crippen LogP contribution in [0.3, 0.4) is 0 Å². The Balaban J connectivity index is 1.19. The molecular formula is C47H28N2. The molecule has 0 saturated heterocycles. The van der Waals surface area contributed by atoms with Gasteiger partial charge in [0.25, 0.3) is 0 Å². The minimum Gasteiger partial charge on any atom is -0.256 e. The van der Waals surface area contributed by atoms with E-state index in [9.17, 15) is 0 Å². The normalized spacial score (nSPS) is 13.5. The summed E-state index contributed by atoms with van der Waals surface area (Å²) >= 11 is 0. The minimum absolute atomic E-state index is 0.382. The number of hydrogen-bond acceptors (Lipinski definition) is 2. The first kappa shape index (κ1) is 26.7. The van der Waals surface area contributed by atoms with Crippen molar-refractivity contribution in [3.63, 3.8) is 0 Å². The first-order valence-corrected chi connectivity index (χ1v) is 16.9. The molecule has 226 valence electrons. The molecule has 0 amide bonds. The molecule has 2 heteroatoms. The molecule has 0 radical (unpaired) electrons. The fourth-order valence-corrected chi connectivity index (χ4v) is 8.89. The van der Waals surface area contributed by atoms with Crippen LogP contribution in [0.15, 0.2) is 170 Å². The smallest absolute Gasteiger partial charge is 0.0788 e. The Bertz CT molecular complexity index is 2780. The molecule has 49 heavy (non-hydrogen) atoms. The third kappa shape index (κ3) is 3.50. The van der Waals surface area contributed by atoms with Crippen molar-refractivity contribution in [1.82, 2.24) is 9.97 Å². The Kier molecular flexibility index (Phi) is 5.34. The van der Waals surface area contributed by atoms with Crippen molar-refractivity contribution in [1.29, 1.82) is 0 Å². The zero-order valence-electron chi connectivity index (χ0n) is 26.6. The highest BCUT2D eigenvalue weighted by Crippen LogP contribution is 2.64. The van der Waals surface area contributed by atoms with Crippen molar-refractivity contribution >= 4 is 32.6 Å². The molecule has 1 spiro atoms. The van der Waals surface area contributed by atoms with E-state index in [4.69, 9.17) is 9.97 Å². The van der Waals surface area contributed by atoms with Crippen molar-refractivity contribution in [2.45, 2.75) is 5.41 Å². The van der Waals surface area contributed by atoms with Crippen LogP contribution in [0, 0.1) is 0 Å². The third-order valence-corrected chi connectivity index (χ3v) is 10.9. The highest BCUT2D eigenvalue weighted by molar-refractivity contribution is 6.20. The first-order chi connectivity index (χ1) is 24.3. The summed E-state index contributed by atoms with van der Waals surface area (Å²) in [5, 5.41) is 4.77. The number of nitrogens with zero attached hydrogens (tertiary/aromatic N) is 2. The zero-order valence-corrected chi connectivity index (χ0v) is 26.6. The summed E-state index contributed by atoms with van der Waals surface area (Å²) in [4.78, 5) is 10.1. The summed E-state index contributed by atoms with van der Waals surface area (Å²) in [6, 6.07) is 59.8. The number of para-hydroxylation sites is 2. The average molecular weight is 621 g/mol. The summed E-state index contributed by atoms with van der Waals surface area (Å²) in [6.07, 6.45) is 1.97. The van der Waals surface area contributed by atoms with Gasteiger partial charge in [0.15, 0.2) is 0 Å². The van der Waals surface area contributed by atoms with E-state index < -0.39 is 0 Å². The number of aromatic nitrogens is 2. The van der Waals surface area contributed by atoms with Crippen LogP contribution >= 0.6 is 0 Å². The van der Waals surface area contributed by atoms with Crippen LogP contribution in [0.5, 0.6) is 0 Å². The monoisotopic (exact) mass is 620 g/mol. The SMILES string of the molecule is c1ccc2c(c1)-c1ccccc1C21c2ccccc2-c2c1ccc1c(-c3ccc(-c4cnc5ccccc5c4)cc3)nc3ccccc3c21. The van der Waals surface area contributed by atoms with Crippen molar-refractivity contribution in [2.75, 3.05) is 0 Å². The fourth-order valence-electron chi connectivity index (χ4n) is 8.89. The topological polar surface area (TPSA) is 25.8 Å². The Morgan fingerprint density at radius 2 is 1.00 bits per heavy atom. The predicted octanol–water partition coefficient (Wildman–Crippen LogP) is 11.6. The molecule has 11 rings (SSSR count). The Labute approximate surface area is 284 Å². The summed E-state index contributed by atoms with van der Waals surface area (Å²) in [7, 11) is 0. The molecule has 2 aliphatic carbocycles. The number of rotatable bonds is 2. The van der Waals surface area contributed by atoms with E-state index in [1.54, 1.807) is 0 Å². The van der Waals surface area contributed by atoms with Crippen LogP contribution in [0.4, 0.5) is 0 Å². The van der Waals surface area contributed by atoms with Gasteiger partial charge in [-0.1, -0.05) is 146 Å². The second kappa shape index (κ2) is 9.82. The van der Waals surface area contributed by atoms with Crippen molar-refractivity contribution < 1.29 is 0 Å². The number of fused-ring (bicyclic) bond motifs is 15. The van der Waals surface area contributed by atoms with Crippen LogP contribution in [0.25, 0.3) is 77.2 Å². The quantitative estimate of drug-likeness (QED) is 0.180. The predicted molar refractivity (Wildman–Crippen MR) is 202 cm³/mol. The van der Waals surface area contributed by atoms with Crippen LogP contribution < -0.4 is 0 Å². The summed E-state index contributed by atoms with van der Waals surface area (Å²) in [6.45, 7) is 0. The van der Waals surface area contributed by atoms with Gasteiger partial charge in [0.2, 0.25) is 0 Å². The largest absolute Gasteiger partial charge is 0.256 e. The molecule has 2 aliphatic rings. The summed E-state index contributed by atoms with van der Waals surface area (Å²) in [5.74, 6) is 0. The average Bonchev–Trinajstić information content (AvgIpc) is 3.65. The molecule has 2 aromatic heterocycles. The summed E-state index contributed by atoms with van der Waals surface area (Å²) in [5.41, 5.74) is 16.7. The maximum Gasteiger partial charge on any atom is 0.0788 e. The number of benzene rings is 7. The molecule has 0 bridgehead atoms. The molecule has 0 saturated carbocycles. The fraction of sp³-hybridized carbons (Fsp3) is 0.0213. The number of hydrogen-bond donors (Lipinski definition) is 0.